The van der Waals surface area contributed by atoms with Gasteiger partial charge in [0.2, 0.25) is 0 Å². The average molecular weight is 163 g/mol. The third-order valence-electron chi connectivity index (χ3n) is 0.940. The van der Waals surface area contributed by atoms with Crippen LogP contribution in [0.1, 0.15) is 5.56 Å². The van der Waals surface area contributed by atoms with Gasteiger partial charge < -0.3 is 12.3 Å². The highest BCUT2D eigenvalue weighted by Crippen LogP contribution is 1.92. The third-order valence-corrected chi connectivity index (χ3v) is 0.940. The van der Waals surface area contributed by atoms with E-state index in [-0.39, 0.29) is 24.7 Å². The summed E-state index contributed by atoms with van der Waals surface area (Å²) in [6.07, 6.45) is 0. The second kappa shape index (κ2) is 8.43. The van der Waals surface area contributed by atoms with Crippen LogP contribution in [-0.2, 0) is 0 Å². The minimum atomic E-state index is 0. The number of halogens is 1. The fraction of sp³-hybridized carbons (Fsp3) is 0.143. The summed E-state index contributed by atoms with van der Waals surface area (Å²) in [6.45, 7) is 2.08. The van der Waals surface area contributed by atoms with Gasteiger partial charge in [0.1, 0.15) is 0 Å². The fourth-order valence-corrected chi connectivity index (χ4v) is 0.534. The molecule has 10 heavy (non-hydrogen) atoms. The van der Waals surface area contributed by atoms with Crippen LogP contribution in [0.3, 0.4) is 0 Å². The van der Waals surface area contributed by atoms with Gasteiger partial charge in [0.05, 0.1) is 0 Å². The minimum absolute atomic E-state index is 0. The molecule has 1 rings (SSSR count). The van der Waals surface area contributed by atoms with Crippen LogP contribution in [0, 0.1) is 6.92 Å². The largest absolute Gasteiger partial charge is 0.344 e. The number of hydrogen-bond donors (Lipinski definition) is 2. The van der Waals surface area contributed by atoms with Crippen molar-refractivity contribution in [3.8, 4) is 0 Å². The molecule has 0 radical (unpaired) electrons. The number of aryl methyl sites for hydroxylation is 1. The average Bonchev–Trinajstić information content (AvgIpc) is 1.69. The molecule has 0 aromatic heterocycles. The Balaban J connectivity index is -0.000000163. The standard InChI is InChI=1S/C7H8.ClH.2H3N/c1-7-5-3-2-4-6-7;;;/h2-6H,1H3;1H;2*1H3. The van der Waals surface area contributed by atoms with Gasteiger partial charge in [-0.1, -0.05) is 35.9 Å². The molecule has 0 saturated heterocycles. The van der Waals surface area contributed by atoms with Crippen LogP contribution in [-0.4, -0.2) is 0 Å². The third kappa shape index (κ3) is 5.56. The van der Waals surface area contributed by atoms with Crippen molar-refractivity contribution in [2.75, 3.05) is 0 Å². The Morgan fingerprint density at radius 3 is 1.50 bits per heavy atom. The zero-order valence-corrected chi connectivity index (χ0v) is 7.03. The van der Waals surface area contributed by atoms with Crippen molar-refractivity contribution in [2.45, 2.75) is 6.92 Å². The summed E-state index contributed by atoms with van der Waals surface area (Å²) < 4.78 is 0. The van der Waals surface area contributed by atoms with Gasteiger partial charge in [0, 0.05) is 0 Å². The smallest absolute Gasteiger partial charge is 0.0398 e. The molecule has 0 aliphatic heterocycles. The van der Waals surface area contributed by atoms with Gasteiger partial charge >= 0.3 is 0 Å². The number of benzene rings is 1. The summed E-state index contributed by atoms with van der Waals surface area (Å²) >= 11 is 0. The Morgan fingerprint density at radius 2 is 1.30 bits per heavy atom. The molecular formula is C7H15ClN2. The second-order valence-corrected chi connectivity index (χ2v) is 1.65. The zero-order chi connectivity index (χ0) is 5.11. The van der Waals surface area contributed by atoms with Gasteiger partial charge in [0.25, 0.3) is 0 Å². The molecule has 0 unspecified atom stereocenters. The molecule has 0 amide bonds. The minimum Gasteiger partial charge on any atom is -0.344 e. The molecule has 1 aromatic carbocycles. The fourth-order valence-electron chi connectivity index (χ4n) is 0.534. The lowest BCUT2D eigenvalue weighted by atomic mass is 10.2. The maximum Gasteiger partial charge on any atom is -0.0398 e. The van der Waals surface area contributed by atoms with Crippen LogP contribution < -0.4 is 12.3 Å². The summed E-state index contributed by atoms with van der Waals surface area (Å²) in [5.41, 5.74) is 1.32. The molecule has 0 saturated carbocycles. The predicted molar refractivity (Wildman–Crippen MR) is 48.5 cm³/mol. The molecule has 0 heterocycles. The van der Waals surface area contributed by atoms with Crippen LogP contribution in [0.4, 0.5) is 0 Å². The Labute approximate surface area is 68.2 Å². The molecular weight excluding hydrogens is 148 g/mol. The highest BCUT2D eigenvalue weighted by Gasteiger charge is 1.72. The predicted octanol–water partition coefficient (Wildman–Crippen LogP) is 2.74. The maximum absolute atomic E-state index is 2.08. The van der Waals surface area contributed by atoms with Gasteiger partial charge in [-0.25, -0.2) is 0 Å². The van der Waals surface area contributed by atoms with Crippen molar-refractivity contribution in [3.63, 3.8) is 0 Å². The van der Waals surface area contributed by atoms with Gasteiger partial charge in [-0.05, 0) is 6.92 Å². The van der Waals surface area contributed by atoms with Gasteiger partial charge in [-0.3, -0.25) is 0 Å². The molecule has 60 valence electrons. The first kappa shape index (κ1) is 16.2. The Kier molecular flexibility index (Phi) is 13.7. The second-order valence-electron chi connectivity index (χ2n) is 1.65. The van der Waals surface area contributed by atoms with Crippen molar-refractivity contribution >= 4 is 12.4 Å². The van der Waals surface area contributed by atoms with Crippen molar-refractivity contribution in [1.82, 2.24) is 12.3 Å². The number of hydrogen-bond acceptors (Lipinski definition) is 2. The van der Waals surface area contributed by atoms with Crippen molar-refractivity contribution < 1.29 is 0 Å². The van der Waals surface area contributed by atoms with E-state index in [1.54, 1.807) is 0 Å². The SMILES string of the molecule is Cc1ccccc1.Cl.N.N. The molecule has 1 aromatic rings. The highest BCUT2D eigenvalue weighted by molar-refractivity contribution is 5.85. The van der Waals surface area contributed by atoms with Gasteiger partial charge in [0.15, 0.2) is 0 Å². The van der Waals surface area contributed by atoms with E-state index in [0.717, 1.165) is 0 Å². The van der Waals surface area contributed by atoms with Gasteiger partial charge in [-0.2, -0.15) is 0 Å². The lowest BCUT2D eigenvalue weighted by Crippen LogP contribution is -1.62. The van der Waals surface area contributed by atoms with E-state index in [4.69, 9.17) is 0 Å². The van der Waals surface area contributed by atoms with Crippen LogP contribution in [0.5, 0.6) is 0 Å². The Bertz CT molecular complexity index is 142. The summed E-state index contributed by atoms with van der Waals surface area (Å²) in [4.78, 5) is 0. The summed E-state index contributed by atoms with van der Waals surface area (Å²) in [7, 11) is 0. The van der Waals surface area contributed by atoms with Crippen LogP contribution in [0.15, 0.2) is 30.3 Å². The first-order valence-electron chi connectivity index (χ1n) is 2.41. The number of rotatable bonds is 0. The molecule has 0 fully saturated rings. The molecule has 0 atom stereocenters. The van der Waals surface area contributed by atoms with Crippen LogP contribution in [0.25, 0.3) is 0 Å². The molecule has 0 aliphatic carbocycles. The van der Waals surface area contributed by atoms with E-state index >= 15 is 0 Å². The molecule has 3 heteroatoms. The Hall–Kier alpha value is -0.570. The maximum atomic E-state index is 2.08. The van der Waals surface area contributed by atoms with Crippen molar-refractivity contribution in [2.24, 2.45) is 0 Å². The van der Waals surface area contributed by atoms with E-state index in [1.165, 1.54) is 5.56 Å². The van der Waals surface area contributed by atoms with Crippen LogP contribution in [0.2, 0.25) is 0 Å². The summed E-state index contributed by atoms with van der Waals surface area (Å²) in [6, 6.07) is 10.3. The summed E-state index contributed by atoms with van der Waals surface area (Å²) in [5, 5.41) is 0. The Morgan fingerprint density at radius 1 is 0.900 bits per heavy atom. The monoisotopic (exact) mass is 162 g/mol. The first-order valence-corrected chi connectivity index (χ1v) is 2.41. The normalized spacial score (nSPS) is 6.10. The van der Waals surface area contributed by atoms with E-state index in [0.29, 0.717) is 0 Å². The lowest BCUT2D eigenvalue weighted by molar-refractivity contribution is 1.48. The van der Waals surface area contributed by atoms with E-state index in [1.807, 2.05) is 18.2 Å². The highest BCUT2D eigenvalue weighted by atomic mass is 35.5. The summed E-state index contributed by atoms with van der Waals surface area (Å²) in [5.74, 6) is 0. The van der Waals surface area contributed by atoms with Crippen molar-refractivity contribution in [3.05, 3.63) is 35.9 Å². The lowest BCUT2D eigenvalue weighted by Gasteiger charge is -1.82. The molecule has 0 aliphatic rings. The molecule has 2 nitrogen and oxygen atoms in total. The zero-order valence-electron chi connectivity index (χ0n) is 6.21. The van der Waals surface area contributed by atoms with Crippen LogP contribution >= 0.6 is 12.4 Å². The van der Waals surface area contributed by atoms with E-state index in [2.05, 4.69) is 19.1 Å². The van der Waals surface area contributed by atoms with Gasteiger partial charge in [-0.15, -0.1) is 12.4 Å². The quantitative estimate of drug-likeness (QED) is 0.616. The first-order chi connectivity index (χ1) is 3.39. The molecule has 6 N–H and O–H groups in total. The topological polar surface area (TPSA) is 70.0 Å². The van der Waals surface area contributed by atoms with E-state index in [9.17, 15) is 0 Å². The molecule has 0 spiro atoms. The van der Waals surface area contributed by atoms with Crippen molar-refractivity contribution in [1.29, 1.82) is 0 Å². The van der Waals surface area contributed by atoms with E-state index < -0.39 is 0 Å². The molecule has 0 bridgehead atoms.